The number of rotatable bonds is 8. The third-order valence-electron chi connectivity index (χ3n) is 3.85. The van der Waals surface area contributed by atoms with Crippen LogP contribution in [0.3, 0.4) is 0 Å². The average molecular weight is 360 g/mol. The summed E-state index contributed by atoms with van der Waals surface area (Å²) in [5, 5.41) is 3.42. The van der Waals surface area contributed by atoms with E-state index < -0.39 is 0 Å². The summed E-state index contributed by atoms with van der Waals surface area (Å²) in [7, 11) is 0. The van der Waals surface area contributed by atoms with E-state index in [1.54, 1.807) is 0 Å². The third kappa shape index (κ3) is 6.98. The van der Waals surface area contributed by atoms with Gasteiger partial charge in [0.15, 0.2) is 6.61 Å². The number of ether oxygens (including phenoxy) is 1. The lowest BCUT2D eigenvalue weighted by Crippen LogP contribution is -2.30. The Hall–Kier alpha value is -2.33. The maximum absolute atomic E-state index is 11.8. The molecule has 132 valence electrons. The summed E-state index contributed by atoms with van der Waals surface area (Å²) < 4.78 is 5.05. The van der Waals surface area contributed by atoms with Gasteiger partial charge in [0.05, 0.1) is 6.42 Å². The standard InChI is InChI=1S/C20H22ClNO3/c1-15(17-5-3-2-4-6-17)13-20(24)25-14-19(23)22-12-11-16-7-9-18(21)10-8-16/h2-10,15H,11-14H2,1H3,(H,22,23)/t15-/m1/s1. The fraction of sp³-hybridized carbons (Fsp3) is 0.300. The van der Waals surface area contributed by atoms with Crippen molar-refractivity contribution >= 4 is 23.5 Å². The molecule has 0 aliphatic rings. The van der Waals surface area contributed by atoms with Crippen LogP contribution in [0.5, 0.6) is 0 Å². The largest absolute Gasteiger partial charge is 0.456 e. The highest BCUT2D eigenvalue weighted by Crippen LogP contribution is 2.18. The van der Waals surface area contributed by atoms with Gasteiger partial charge < -0.3 is 10.1 Å². The first kappa shape index (κ1) is 19.0. The smallest absolute Gasteiger partial charge is 0.306 e. The van der Waals surface area contributed by atoms with Crippen LogP contribution in [-0.4, -0.2) is 25.0 Å². The number of carbonyl (C=O) groups is 2. The quantitative estimate of drug-likeness (QED) is 0.730. The van der Waals surface area contributed by atoms with Gasteiger partial charge in [-0.15, -0.1) is 0 Å². The molecule has 2 rings (SSSR count). The van der Waals surface area contributed by atoms with Gasteiger partial charge in [-0.05, 0) is 35.6 Å². The highest BCUT2D eigenvalue weighted by molar-refractivity contribution is 6.30. The zero-order valence-corrected chi connectivity index (χ0v) is 15.0. The molecule has 0 spiro atoms. The van der Waals surface area contributed by atoms with Crippen molar-refractivity contribution in [1.29, 1.82) is 0 Å². The van der Waals surface area contributed by atoms with Gasteiger partial charge >= 0.3 is 5.97 Å². The molecule has 0 heterocycles. The number of carbonyl (C=O) groups excluding carboxylic acids is 2. The second kappa shape index (κ2) is 9.84. The summed E-state index contributed by atoms with van der Waals surface area (Å²) >= 11 is 5.82. The minimum Gasteiger partial charge on any atom is -0.456 e. The number of benzene rings is 2. The van der Waals surface area contributed by atoms with Crippen LogP contribution in [0.4, 0.5) is 0 Å². The Labute approximate surface area is 153 Å². The molecule has 4 nitrogen and oxygen atoms in total. The lowest BCUT2D eigenvalue weighted by atomic mass is 9.98. The lowest BCUT2D eigenvalue weighted by molar-refractivity contribution is -0.148. The Morgan fingerprint density at radius 1 is 1.08 bits per heavy atom. The molecular formula is C20H22ClNO3. The van der Waals surface area contributed by atoms with Gasteiger partial charge in [-0.2, -0.15) is 0 Å². The summed E-state index contributed by atoms with van der Waals surface area (Å²) in [5.74, 6) is -0.611. The van der Waals surface area contributed by atoms with Crippen molar-refractivity contribution in [3.8, 4) is 0 Å². The van der Waals surface area contributed by atoms with Crippen LogP contribution in [0.2, 0.25) is 5.02 Å². The number of halogens is 1. The monoisotopic (exact) mass is 359 g/mol. The molecule has 1 N–H and O–H groups in total. The molecule has 2 aromatic rings. The molecule has 0 unspecified atom stereocenters. The highest BCUT2D eigenvalue weighted by Gasteiger charge is 2.13. The van der Waals surface area contributed by atoms with Gasteiger partial charge in [0.2, 0.25) is 0 Å². The van der Waals surface area contributed by atoms with E-state index >= 15 is 0 Å². The maximum Gasteiger partial charge on any atom is 0.306 e. The molecule has 25 heavy (non-hydrogen) atoms. The first-order chi connectivity index (χ1) is 12.0. The minimum atomic E-state index is -0.371. The van der Waals surface area contributed by atoms with Gasteiger partial charge in [0, 0.05) is 11.6 Å². The zero-order chi connectivity index (χ0) is 18.1. The highest BCUT2D eigenvalue weighted by atomic mass is 35.5. The molecule has 0 saturated carbocycles. The Morgan fingerprint density at radius 2 is 1.76 bits per heavy atom. The first-order valence-electron chi connectivity index (χ1n) is 8.26. The van der Waals surface area contributed by atoms with E-state index in [1.165, 1.54) is 0 Å². The van der Waals surface area contributed by atoms with Crippen LogP contribution in [0.1, 0.15) is 30.4 Å². The van der Waals surface area contributed by atoms with Crippen LogP contribution >= 0.6 is 11.6 Å². The number of esters is 1. The topological polar surface area (TPSA) is 55.4 Å². The molecule has 0 saturated heterocycles. The maximum atomic E-state index is 11.8. The van der Waals surface area contributed by atoms with Gasteiger partial charge in [0.1, 0.15) is 0 Å². The predicted octanol–water partition coefficient (Wildman–Crippen LogP) is 3.74. The molecular weight excluding hydrogens is 338 g/mol. The van der Waals surface area contributed by atoms with Crippen LogP contribution in [0, 0.1) is 0 Å². The van der Waals surface area contributed by atoms with Crippen molar-refractivity contribution in [2.24, 2.45) is 0 Å². The van der Waals surface area contributed by atoms with Gasteiger partial charge in [0.25, 0.3) is 5.91 Å². The second-order valence-electron chi connectivity index (χ2n) is 5.90. The molecule has 0 aromatic heterocycles. The fourth-order valence-electron chi connectivity index (χ4n) is 2.40. The van der Waals surface area contributed by atoms with E-state index in [-0.39, 0.29) is 30.8 Å². The van der Waals surface area contributed by atoms with Crippen molar-refractivity contribution in [3.63, 3.8) is 0 Å². The van der Waals surface area contributed by atoms with Crippen LogP contribution < -0.4 is 5.32 Å². The van der Waals surface area contributed by atoms with E-state index in [1.807, 2.05) is 61.5 Å². The van der Waals surface area contributed by atoms with E-state index in [4.69, 9.17) is 16.3 Å². The number of nitrogens with one attached hydrogen (secondary N) is 1. The predicted molar refractivity (Wildman–Crippen MR) is 98.6 cm³/mol. The number of hydrogen-bond donors (Lipinski definition) is 1. The van der Waals surface area contributed by atoms with Crippen LogP contribution in [-0.2, 0) is 20.7 Å². The Morgan fingerprint density at radius 3 is 2.44 bits per heavy atom. The Kier molecular flexibility index (Phi) is 7.48. The fourth-order valence-corrected chi connectivity index (χ4v) is 2.53. The second-order valence-corrected chi connectivity index (χ2v) is 6.34. The van der Waals surface area contributed by atoms with Crippen molar-refractivity contribution in [3.05, 3.63) is 70.7 Å². The summed E-state index contributed by atoms with van der Waals surface area (Å²) in [5.41, 5.74) is 2.16. The summed E-state index contributed by atoms with van der Waals surface area (Å²) in [6.45, 7) is 2.20. The van der Waals surface area contributed by atoms with E-state index in [0.29, 0.717) is 18.0 Å². The number of hydrogen-bond acceptors (Lipinski definition) is 3. The van der Waals surface area contributed by atoms with Crippen molar-refractivity contribution < 1.29 is 14.3 Å². The van der Waals surface area contributed by atoms with Crippen molar-refractivity contribution in [1.82, 2.24) is 5.32 Å². The molecule has 0 bridgehead atoms. The normalized spacial score (nSPS) is 11.6. The third-order valence-corrected chi connectivity index (χ3v) is 4.11. The molecule has 2 aromatic carbocycles. The summed E-state index contributed by atoms with van der Waals surface area (Å²) in [4.78, 5) is 23.6. The van der Waals surface area contributed by atoms with Gasteiger partial charge in [-0.1, -0.05) is 61.0 Å². The minimum absolute atomic E-state index is 0.0571. The van der Waals surface area contributed by atoms with E-state index in [2.05, 4.69) is 5.32 Å². The molecule has 0 radical (unpaired) electrons. The Balaban J connectivity index is 1.64. The number of amides is 1. The van der Waals surface area contributed by atoms with Crippen molar-refractivity contribution in [2.75, 3.05) is 13.2 Å². The SMILES string of the molecule is C[C@H](CC(=O)OCC(=O)NCCc1ccc(Cl)cc1)c1ccccc1. The summed E-state index contributed by atoms with van der Waals surface area (Å²) in [6.07, 6.45) is 0.948. The first-order valence-corrected chi connectivity index (χ1v) is 8.64. The molecule has 5 heteroatoms. The van der Waals surface area contributed by atoms with E-state index in [0.717, 1.165) is 11.1 Å². The summed E-state index contributed by atoms with van der Waals surface area (Å²) in [6, 6.07) is 17.2. The van der Waals surface area contributed by atoms with Crippen LogP contribution in [0.15, 0.2) is 54.6 Å². The van der Waals surface area contributed by atoms with Gasteiger partial charge in [-0.25, -0.2) is 0 Å². The lowest BCUT2D eigenvalue weighted by Gasteiger charge is -2.11. The van der Waals surface area contributed by atoms with Gasteiger partial charge in [-0.3, -0.25) is 9.59 Å². The molecule has 1 atom stereocenters. The van der Waals surface area contributed by atoms with Crippen LogP contribution in [0.25, 0.3) is 0 Å². The average Bonchev–Trinajstić information content (AvgIpc) is 2.62. The molecule has 0 aliphatic heterocycles. The van der Waals surface area contributed by atoms with E-state index in [9.17, 15) is 9.59 Å². The molecule has 0 aliphatic carbocycles. The zero-order valence-electron chi connectivity index (χ0n) is 14.2. The molecule has 1 amide bonds. The Bertz CT molecular complexity index is 686. The molecule has 0 fully saturated rings. The van der Waals surface area contributed by atoms with Crippen molar-refractivity contribution in [2.45, 2.75) is 25.7 Å².